The van der Waals surface area contributed by atoms with E-state index in [-0.39, 0.29) is 11.9 Å². The molecule has 0 spiro atoms. The van der Waals surface area contributed by atoms with Gasteiger partial charge in [-0.25, -0.2) is 15.0 Å². The van der Waals surface area contributed by atoms with E-state index in [4.69, 9.17) is 4.74 Å². The van der Waals surface area contributed by atoms with Crippen LogP contribution in [0.2, 0.25) is 0 Å². The molecular formula is C26H32N4O3S. The Hall–Kier alpha value is -3.00. The maximum Gasteiger partial charge on any atom is 0.339 e. The van der Waals surface area contributed by atoms with Gasteiger partial charge in [0.2, 0.25) is 0 Å². The molecule has 7 nitrogen and oxygen atoms in total. The van der Waals surface area contributed by atoms with Gasteiger partial charge in [0.05, 0.1) is 23.4 Å². The summed E-state index contributed by atoms with van der Waals surface area (Å²) in [6, 6.07) is 9.18. The van der Waals surface area contributed by atoms with Crippen LogP contribution in [0.25, 0.3) is 5.03 Å². The topological polar surface area (TPSA) is 84.7 Å². The van der Waals surface area contributed by atoms with E-state index in [0.717, 1.165) is 52.4 Å². The van der Waals surface area contributed by atoms with E-state index in [9.17, 15) is 9.59 Å². The minimum absolute atomic E-state index is 0.198. The molecule has 0 saturated heterocycles. The lowest BCUT2D eigenvalue weighted by Crippen LogP contribution is -2.24. The molecule has 2 atom stereocenters. The highest BCUT2D eigenvalue weighted by molar-refractivity contribution is 8.08. The predicted octanol–water partition coefficient (Wildman–Crippen LogP) is 5.61. The Bertz CT molecular complexity index is 1130. The Balaban J connectivity index is 1.54. The van der Waals surface area contributed by atoms with E-state index in [1.807, 2.05) is 58.0 Å². The van der Waals surface area contributed by atoms with Crippen molar-refractivity contribution in [1.82, 2.24) is 9.99 Å². The molecule has 1 saturated carbocycles. The van der Waals surface area contributed by atoms with Crippen LogP contribution in [0.1, 0.15) is 55.1 Å². The highest BCUT2D eigenvalue weighted by Crippen LogP contribution is 2.52. The number of carbonyl (C=O) groups is 2. The number of aryl methyl sites for hydroxylation is 2. The molecule has 2 amide bonds. The lowest BCUT2D eigenvalue weighted by atomic mass is 9.84. The Morgan fingerprint density at radius 3 is 2.65 bits per heavy atom. The van der Waals surface area contributed by atoms with E-state index < -0.39 is 6.03 Å². The van der Waals surface area contributed by atoms with Crippen LogP contribution in [0, 0.1) is 26.7 Å². The summed E-state index contributed by atoms with van der Waals surface area (Å²) in [5, 5.41) is 8.30. The van der Waals surface area contributed by atoms with Gasteiger partial charge in [0.25, 0.3) is 0 Å². The van der Waals surface area contributed by atoms with Crippen molar-refractivity contribution in [3.8, 4) is 0 Å². The highest BCUT2D eigenvalue weighted by atomic mass is 32.2. The Morgan fingerprint density at radius 1 is 1.18 bits per heavy atom. The number of nitrogens with zero attached hydrogens (tertiary/aromatic N) is 2. The third-order valence-electron chi connectivity index (χ3n) is 6.41. The SMILES string of the molecule is CCOC(=O)C1=C(n2c(C)cc(/C=N/NC(=O)Nc3ccc(C)cc3)c2C)SC2CCCCC12. The van der Waals surface area contributed by atoms with E-state index in [2.05, 4.69) is 20.4 Å². The minimum atomic E-state index is -0.406. The summed E-state index contributed by atoms with van der Waals surface area (Å²) in [6.07, 6.45) is 6.15. The molecule has 2 N–H and O–H groups in total. The fraction of sp³-hybridized carbons (Fsp3) is 0.423. The summed E-state index contributed by atoms with van der Waals surface area (Å²) in [6.45, 7) is 8.25. The van der Waals surface area contributed by atoms with Gasteiger partial charge in [0.15, 0.2) is 0 Å². The largest absolute Gasteiger partial charge is 0.463 e. The van der Waals surface area contributed by atoms with Crippen molar-refractivity contribution in [2.75, 3.05) is 11.9 Å². The van der Waals surface area contributed by atoms with Gasteiger partial charge in [0, 0.05) is 33.8 Å². The third kappa shape index (κ3) is 5.06. The number of amides is 2. The number of carbonyl (C=O) groups excluding carboxylic acids is 2. The number of hydrogen-bond donors (Lipinski definition) is 2. The lowest BCUT2D eigenvalue weighted by molar-refractivity contribution is -0.139. The molecule has 1 fully saturated rings. The van der Waals surface area contributed by atoms with E-state index >= 15 is 0 Å². The van der Waals surface area contributed by atoms with Crippen LogP contribution in [-0.4, -0.2) is 34.6 Å². The average molecular weight is 481 g/mol. The number of aromatic nitrogens is 1. The molecule has 1 aromatic carbocycles. The normalized spacial score (nSPS) is 19.9. The van der Waals surface area contributed by atoms with Crippen LogP contribution >= 0.6 is 11.8 Å². The minimum Gasteiger partial charge on any atom is -0.463 e. The zero-order chi connectivity index (χ0) is 24.2. The Labute approximate surface area is 205 Å². The molecule has 34 heavy (non-hydrogen) atoms. The zero-order valence-electron chi connectivity index (χ0n) is 20.2. The summed E-state index contributed by atoms with van der Waals surface area (Å²) >= 11 is 1.80. The fourth-order valence-electron chi connectivity index (χ4n) is 4.74. The molecule has 2 aliphatic rings. The van der Waals surface area contributed by atoms with Crippen LogP contribution in [0.5, 0.6) is 0 Å². The van der Waals surface area contributed by atoms with Crippen LogP contribution < -0.4 is 10.7 Å². The summed E-state index contributed by atoms with van der Waals surface area (Å²) in [7, 11) is 0. The van der Waals surface area contributed by atoms with Gasteiger partial charge in [-0.2, -0.15) is 5.10 Å². The van der Waals surface area contributed by atoms with Gasteiger partial charge in [-0.3, -0.25) is 0 Å². The number of urea groups is 1. The van der Waals surface area contributed by atoms with Crippen molar-refractivity contribution in [1.29, 1.82) is 0 Å². The number of benzene rings is 1. The summed E-state index contributed by atoms with van der Waals surface area (Å²) in [4.78, 5) is 25.1. The fourth-order valence-corrected chi connectivity index (χ4v) is 6.50. The van der Waals surface area contributed by atoms with Crippen molar-refractivity contribution in [2.45, 2.75) is 58.6 Å². The standard InChI is InChI=1S/C26H32N4O3S/c1-5-33-25(31)23-21-8-6-7-9-22(21)34-24(23)30-17(3)14-19(18(30)4)15-27-29-26(32)28-20-12-10-16(2)11-13-20/h10-15,21-22H,5-9H2,1-4H3,(H2,28,29,32)/b27-15+. The Kier molecular flexibility index (Phi) is 7.46. The second-order valence-electron chi connectivity index (χ2n) is 8.84. The number of ether oxygens (including phenoxy) is 1. The van der Waals surface area contributed by atoms with Crippen molar-refractivity contribution in [2.24, 2.45) is 11.0 Å². The number of thioether (sulfide) groups is 1. The second kappa shape index (κ2) is 10.5. The molecule has 180 valence electrons. The van der Waals surface area contributed by atoms with E-state index in [1.165, 1.54) is 6.42 Å². The quantitative estimate of drug-likeness (QED) is 0.320. The highest BCUT2D eigenvalue weighted by Gasteiger charge is 2.42. The first-order valence-electron chi connectivity index (χ1n) is 11.8. The monoisotopic (exact) mass is 480 g/mol. The number of hydrazone groups is 1. The second-order valence-corrected chi connectivity index (χ2v) is 10.1. The summed E-state index contributed by atoms with van der Waals surface area (Å²) < 4.78 is 7.60. The van der Waals surface area contributed by atoms with Crippen molar-refractivity contribution < 1.29 is 14.3 Å². The summed E-state index contributed by atoms with van der Waals surface area (Å²) in [5.74, 6) is 0.0508. The van der Waals surface area contributed by atoms with E-state index in [1.54, 1.807) is 18.0 Å². The molecule has 2 unspecified atom stereocenters. The van der Waals surface area contributed by atoms with Gasteiger partial charge < -0.3 is 14.6 Å². The van der Waals surface area contributed by atoms with Gasteiger partial charge in [0.1, 0.15) is 0 Å². The van der Waals surface area contributed by atoms with Crippen LogP contribution in [-0.2, 0) is 9.53 Å². The number of rotatable bonds is 6. The van der Waals surface area contributed by atoms with Crippen LogP contribution in [0.3, 0.4) is 0 Å². The number of esters is 1. The number of hydrogen-bond acceptors (Lipinski definition) is 5. The lowest BCUT2D eigenvalue weighted by Gasteiger charge is -2.25. The molecule has 1 aromatic heterocycles. The molecule has 2 aromatic rings. The van der Waals surface area contributed by atoms with Gasteiger partial charge >= 0.3 is 12.0 Å². The maximum absolute atomic E-state index is 12.9. The molecular weight excluding hydrogens is 448 g/mol. The van der Waals surface area contributed by atoms with Crippen LogP contribution in [0.4, 0.5) is 10.5 Å². The molecule has 0 bridgehead atoms. The molecule has 4 rings (SSSR count). The molecule has 2 heterocycles. The van der Waals surface area contributed by atoms with Gasteiger partial charge in [-0.05, 0) is 58.7 Å². The van der Waals surface area contributed by atoms with Gasteiger partial charge in [-0.1, -0.05) is 30.5 Å². The predicted molar refractivity (Wildman–Crippen MR) is 138 cm³/mol. The summed E-state index contributed by atoms with van der Waals surface area (Å²) in [5.41, 5.74) is 8.05. The number of nitrogens with one attached hydrogen (secondary N) is 2. The van der Waals surface area contributed by atoms with Gasteiger partial charge in [-0.15, -0.1) is 11.8 Å². The van der Waals surface area contributed by atoms with Crippen LogP contribution in [0.15, 0.2) is 41.0 Å². The van der Waals surface area contributed by atoms with E-state index in [0.29, 0.717) is 17.5 Å². The average Bonchev–Trinajstić information content (AvgIpc) is 3.32. The number of fused-ring (bicyclic) bond motifs is 1. The molecule has 8 heteroatoms. The van der Waals surface area contributed by atoms with Crippen molar-refractivity contribution >= 4 is 40.7 Å². The van der Waals surface area contributed by atoms with Crippen molar-refractivity contribution in [3.63, 3.8) is 0 Å². The first kappa shape index (κ1) is 24.1. The Morgan fingerprint density at radius 2 is 1.91 bits per heavy atom. The number of anilines is 1. The maximum atomic E-state index is 12.9. The smallest absolute Gasteiger partial charge is 0.339 e. The molecule has 0 radical (unpaired) electrons. The van der Waals surface area contributed by atoms with Crippen molar-refractivity contribution in [3.05, 3.63) is 58.4 Å². The zero-order valence-corrected chi connectivity index (χ0v) is 21.0. The molecule has 1 aliphatic heterocycles. The third-order valence-corrected chi connectivity index (χ3v) is 7.91. The first-order valence-corrected chi connectivity index (χ1v) is 12.7. The molecule has 1 aliphatic carbocycles. The first-order chi connectivity index (χ1) is 16.4.